The Morgan fingerprint density at radius 2 is 1.92 bits per heavy atom. The van der Waals surface area contributed by atoms with Crippen LogP contribution in [0.1, 0.15) is 45.1 Å². The molecular weight excluding hydrogens is 367 g/mol. The molecule has 0 aromatic heterocycles. The summed E-state index contributed by atoms with van der Waals surface area (Å²) >= 11 is 12.0. The van der Waals surface area contributed by atoms with Gasteiger partial charge in [-0.3, -0.25) is 4.79 Å². The summed E-state index contributed by atoms with van der Waals surface area (Å²) in [6.45, 7) is 6.85. The van der Waals surface area contributed by atoms with E-state index in [1.807, 2.05) is 17.0 Å². The van der Waals surface area contributed by atoms with Crippen LogP contribution >= 0.6 is 35.6 Å². The number of nitrogens with one attached hydrogen (secondary N) is 1. The molecule has 0 unspecified atom stereocenters. The van der Waals surface area contributed by atoms with Crippen molar-refractivity contribution in [1.29, 1.82) is 0 Å². The fraction of sp³-hybridized carbons (Fsp3) is 0.611. The summed E-state index contributed by atoms with van der Waals surface area (Å²) in [7, 11) is 0. The first-order valence-electron chi connectivity index (χ1n) is 8.41. The Labute approximate surface area is 161 Å². The van der Waals surface area contributed by atoms with Crippen LogP contribution in [0.25, 0.3) is 0 Å². The first-order valence-corrected chi connectivity index (χ1v) is 9.17. The standard InChI is InChI=1S/C18H26Cl2N2O.ClH/c1-13(2)22(12-15-3-5-16(19)17(20)11-15)18(23)6-4-14-7-9-21-10-8-14;/h3,5,11,13-14,21H,4,6-10,12H2,1-2H3;1H. The minimum Gasteiger partial charge on any atom is -0.336 e. The lowest BCUT2D eigenvalue weighted by Gasteiger charge is -2.29. The van der Waals surface area contributed by atoms with Crippen LogP contribution in [-0.2, 0) is 11.3 Å². The highest BCUT2D eigenvalue weighted by Gasteiger charge is 2.20. The highest BCUT2D eigenvalue weighted by molar-refractivity contribution is 6.42. The number of halogens is 3. The Morgan fingerprint density at radius 1 is 1.25 bits per heavy atom. The molecule has 1 aromatic carbocycles. The van der Waals surface area contributed by atoms with E-state index in [0.717, 1.165) is 25.1 Å². The smallest absolute Gasteiger partial charge is 0.223 e. The van der Waals surface area contributed by atoms with Gasteiger partial charge in [-0.2, -0.15) is 0 Å². The lowest BCUT2D eigenvalue weighted by molar-refractivity contribution is -0.133. The monoisotopic (exact) mass is 392 g/mol. The Kier molecular flexibility index (Phi) is 9.43. The molecule has 1 N–H and O–H groups in total. The molecule has 0 bridgehead atoms. The molecule has 24 heavy (non-hydrogen) atoms. The summed E-state index contributed by atoms with van der Waals surface area (Å²) in [6.07, 6.45) is 3.98. The first-order chi connectivity index (χ1) is 11.0. The maximum atomic E-state index is 12.6. The highest BCUT2D eigenvalue weighted by atomic mass is 35.5. The summed E-state index contributed by atoms with van der Waals surface area (Å²) in [5, 5.41) is 4.45. The van der Waals surface area contributed by atoms with Gasteiger partial charge in [0.15, 0.2) is 0 Å². The SMILES string of the molecule is CC(C)N(Cc1ccc(Cl)c(Cl)c1)C(=O)CCC1CCNCC1.Cl. The van der Waals surface area contributed by atoms with Crippen molar-refractivity contribution < 1.29 is 4.79 Å². The minimum atomic E-state index is 0. The fourth-order valence-corrected chi connectivity index (χ4v) is 3.36. The van der Waals surface area contributed by atoms with Crippen LogP contribution in [0.15, 0.2) is 18.2 Å². The van der Waals surface area contributed by atoms with Gasteiger partial charge in [-0.25, -0.2) is 0 Å². The maximum Gasteiger partial charge on any atom is 0.223 e. The van der Waals surface area contributed by atoms with Crippen molar-refractivity contribution in [3.63, 3.8) is 0 Å². The summed E-state index contributed by atoms with van der Waals surface area (Å²) < 4.78 is 0. The molecule has 1 aromatic rings. The molecule has 1 saturated heterocycles. The molecule has 1 fully saturated rings. The van der Waals surface area contributed by atoms with Crippen molar-refractivity contribution in [2.75, 3.05) is 13.1 Å². The number of carbonyl (C=O) groups excluding carboxylic acids is 1. The second kappa shape index (κ2) is 10.5. The van der Waals surface area contributed by atoms with E-state index in [-0.39, 0.29) is 24.4 Å². The van der Waals surface area contributed by atoms with Crippen molar-refractivity contribution in [1.82, 2.24) is 10.2 Å². The zero-order valence-corrected chi connectivity index (χ0v) is 16.7. The molecule has 2 rings (SSSR count). The molecule has 0 aliphatic carbocycles. The van der Waals surface area contributed by atoms with Gasteiger partial charge in [0.25, 0.3) is 0 Å². The third kappa shape index (κ3) is 6.44. The van der Waals surface area contributed by atoms with Crippen LogP contribution in [0.2, 0.25) is 10.0 Å². The van der Waals surface area contributed by atoms with Gasteiger partial charge in [0, 0.05) is 19.0 Å². The summed E-state index contributed by atoms with van der Waals surface area (Å²) in [6, 6.07) is 5.74. The van der Waals surface area contributed by atoms with E-state index in [9.17, 15) is 4.79 Å². The van der Waals surface area contributed by atoms with Crippen LogP contribution in [0.3, 0.4) is 0 Å². The van der Waals surface area contributed by atoms with E-state index in [0.29, 0.717) is 28.9 Å². The summed E-state index contributed by atoms with van der Waals surface area (Å²) in [4.78, 5) is 14.6. The predicted octanol–water partition coefficient (Wildman–Crippen LogP) is 4.93. The molecule has 0 radical (unpaired) electrons. The number of amides is 1. The average molecular weight is 394 g/mol. The van der Waals surface area contributed by atoms with Gasteiger partial charge in [-0.15, -0.1) is 12.4 Å². The van der Waals surface area contributed by atoms with Crippen LogP contribution in [-0.4, -0.2) is 29.9 Å². The molecule has 136 valence electrons. The number of hydrogen-bond acceptors (Lipinski definition) is 2. The van der Waals surface area contributed by atoms with Crippen molar-refractivity contribution in [3.05, 3.63) is 33.8 Å². The highest BCUT2D eigenvalue weighted by Crippen LogP contribution is 2.24. The summed E-state index contributed by atoms with van der Waals surface area (Å²) in [5.74, 6) is 0.906. The topological polar surface area (TPSA) is 32.3 Å². The third-order valence-corrected chi connectivity index (χ3v) is 5.24. The number of nitrogens with zero attached hydrogens (tertiary/aromatic N) is 1. The molecule has 0 spiro atoms. The van der Waals surface area contributed by atoms with Crippen LogP contribution in [0.5, 0.6) is 0 Å². The molecular formula is C18H27Cl3N2O. The molecule has 1 heterocycles. The predicted molar refractivity (Wildman–Crippen MR) is 104 cm³/mol. The van der Waals surface area contributed by atoms with Gasteiger partial charge in [0.2, 0.25) is 5.91 Å². The van der Waals surface area contributed by atoms with Gasteiger partial charge in [0.1, 0.15) is 0 Å². The largest absolute Gasteiger partial charge is 0.336 e. The summed E-state index contributed by atoms with van der Waals surface area (Å²) in [5.41, 5.74) is 1.02. The molecule has 3 nitrogen and oxygen atoms in total. The maximum absolute atomic E-state index is 12.6. The lowest BCUT2D eigenvalue weighted by atomic mass is 9.93. The number of carbonyl (C=O) groups is 1. The Balaban J connectivity index is 0.00000288. The van der Waals surface area contributed by atoms with Gasteiger partial charge in [-0.1, -0.05) is 29.3 Å². The Hall–Kier alpha value is -0.480. The molecule has 0 atom stereocenters. The second-order valence-corrected chi connectivity index (χ2v) is 7.41. The quantitative estimate of drug-likeness (QED) is 0.743. The van der Waals surface area contributed by atoms with E-state index >= 15 is 0 Å². The van der Waals surface area contributed by atoms with Gasteiger partial charge in [-0.05, 0) is 69.8 Å². The Bertz CT molecular complexity index is 531. The molecule has 1 amide bonds. The number of hydrogen-bond donors (Lipinski definition) is 1. The van der Waals surface area contributed by atoms with E-state index < -0.39 is 0 Å². The normalized spacial score (nSPS) is 15.2. The van der Waals surface area contributed by atoms with Gasteiger partial charge < -0.3 is 10.2 Å². The zero-order valence-electron chi connectivity index (χ0n) is 14.4. The minimum absolute atomic E-state index is 0. The molecule has 1 aliphatic heterocycles. The molecule has 1 aliphatic rings. The Morgan fingerprint density at radius 3 is 2.50 bits per heavy atom. The lowest BCUT2D eigenvalue weighted by Crippen LogP contribution is -2.37. The number of rotatable bonds is 6. The van der Waals surface area contributed by atoms with E-state index in [4.69, 9.17) is 23.2 Å². The fourth-order valence-electron chi connectivity index (χ4n) is 3.04. The molecule has 6 heteroatoms. The van der Waals surface area contributed by atoms with Crippen molar-refractivity contribution >= 4 is 41.5 Å². The van der Waals surface area contributed by atoms with E-state index in [1.165, 1.54) is 12.8 Å². The zero-order chi connectivity index (χ0) is 16.8. The van der Waals surface area contributed by atoms with E-state index in [1.54, 1.807) is 6.07 Å². The van der Waals surface area contributed by atoms with E-state index in [2.05, 4.69) is 19.2 Å². The third-order valence-electron chi connectivity index (χ3n) is 4.51. The van der Waals surface area contributed by atoms with Crippen molar-refractivity contribution in [2.24, 2.45) is 5.92 Å². The van der Waals surface area contributed by atoms with Crippen LogP contribution < -0.4 is 5.32 Å². The van der Waals surface area contributed by atoms with Crippen molar-refractivity contribution in [3.8, 4) is 0 Å². The average Bonchev–Trinajstić information content (AvgIpc) is 2.54. The van der Waals surface area contributed by atoms with Crippen LogP contribution in [0.4, 0.5) is 0 Å². The first kappa shape index (κ1) is 21.6. The van der Waals surface area contributed by atoms with Crippen molar-refractivity contribution in [2.45, 2.75) is 52.1 Å². The molecule has 0 saturated carbocycles. The number of benzene rings is 1. The second-order valence-electron chi connectivity index (χ2n) is 6.60. The number of piperidine rings is 1. The van der Waals surface area contributed by atoms with Gasteiger partial charge in [0.05, 0.1) is 10.0 Å². The van der Waals surface area contributed by atoms with Gasteiger partial charge >= 0.3 is 0 Å². The van der Waals surface area contributed by atoms with Crippen LogP contribution in [0, 0.1) is 5.92 Å².